The summed E-state index contributed by atoms with van der Waals surface area (Å²) in [4.78, 5) is 17.0. The van der Waals surface area contributed by atoms with Crippen molar-refractivity contribution in [2.45, 2.75) is 26.8 Å². The number of thiazole rings is 1. The Labute approximate surface area is 116 Å². The number of benzene rings is 1. The SMILES string of the molecule is CCc1cccc(NC(=O)NCc2cnc(C)s2)c1. The first-order valence-corrected chi connectivity index (χ1v) is 7.04. The van der Waals surface area contributed by atoms with Crippen LogP contribution in [0.1, 0.15) is 22.4 Å². The molecule has 0 saturated carbocycles. The number of urea groups is 1. The number of carbonyl (C=O) groups excluding carboxylic acids is 1. The average Bonchev–Trinajstić information content (AvgIpc) is 2.82. The van der Waals surface area contributed by atoms with E-state index in [1.807, 2.05) is 31.2 Å². The van der Waals surface area contributed by atoms with Gasteiger partial charge in [-0.3, -0.25) is 0 Å². The minimum atomic E-state index is -0.195. The highest BCUT2D eigenvalue weighted by Crippen LogP contribution is 2.12. The number of carbonyl (C=O) groups is 1. The Balaban J connectivity index is 1.86. The molecule has 0 saturated heterocycles. The topological polar surface area (TPSA) is 54.0 Å². The van der Waals surface area contributed by atoms with Gasteiger partial charge in [0.2, 0.25) is 0 Å². The van der Waals surface area contributed by atoms with Crippen molar-refractivity contribution in [1.29, 1.82) is 0 Å². The molecule has 1 heterocycles. The summed E-state index contributed by atoms with van der Waals surface area (Å²) in [6, 6.07) is 7.66. The third-order valence-corrected chi connectivity index (χ3v) is 3.60. The number of nitrogens with one attached hydrogen (secondary N) is 2. The Bertz CT molecular complexity index is 565. The van der Waals surface area contributed by atoms with E-state index in [1.54, 1.807) is 17.5 Å². The van der Waals surface area contributed by atoms with Crippen molar-refractivity contribution in [2.75, 3.05) is 5.32 Å². The Morgan fingerprint density at radius 1 is 1.42 bits per heavy atom. The molecule has 0 spiro atoms. The molecule has 1 aromatic carbocycles. The fraction of sp³-hybridized carbons (Fsp3) is 0.286. The molecule has 0 aliphatic carbocycles. The Kier molecular flexibility index (Phi) is 4.52. The monoisotopic (exact) mass is 275 g/mol. The molecule has 19 heavy (non-hydrogen) atoms. The van der Waals surface area contributed by atoms with E-state index in [2.05, 4.69) is 22.5 Å². The van der Waals surface area contributed by atoms with Crippen LogP contribution in [0, 0.1) is 6.92 Å². The Morgan fingerprint density at radius 3 is 2.95 bits per heavy atom. The molecule has 0 atom stereocenters. The maximum Gasteiger partial charge on any atom is 0.319 e. The van der Waals surface area contributed by atoms with Crippen LogP contribution in [-0.4, -0.2) is 11.0 Å². The van der Waals surface area contributed by atoms with Gasteiger partial charge in [0.15, 0.2) is 0 Å². The number of rotatable bonds is 4. The fourth-order valence-corrected chi connectivity index (χ4v) is 2.43. The maximum atomic E-state index is 11.8. The lowest BCUT2D eigenvalue weighted by atomic mass is 10.1. The zero-order valence-electron chi connectivity index (χ0n) is 11.1. The molecule has 0 fully saturated rings. The third-order valence-electron chi connectivity index (χ3n) is 2.69. The van der Waals surface area contributed by atoms with Crippen LogP contribution >= 0.6 is 11.3 Å². The van der Waals surface area contributed by atoms with Gasteiger partial charge in [0.1, 0.15) is 0 Å². The molecule has 2 amide bonds. The van der Waals surface area contributed by atoms with E-state index in [-0.39, 0.29) is 6.03 Å². The van der Waals surface area contributed by atoms with Gasteiger partial charge in [0.25, 0.3) is 0 Å². The number of nitrogens with zero attached hydrogens (tertiary/aromatic N) is 1. The predicted molar refractivity (Wildman–Crippen MR) is 78.5 cm³/mol. The third kappa shape index (κ3) is 4.06. The number of hydrogen-bond donors (Lipinski definition) is 2. The van der Waals surface area contributed by atoms with Gasteiger partial charge in [-0.15, -0.1) is 11.3 Å². The molecule has 0 bridgehead atoms. The van der Waals surface area contributed by atoms with Gasteiger partial charge in [-0.05, 0) is 31.0 Å². The lowest BCUT2D eigenvalue weighted by Gasteiger charge is -2.07. The molecule has 5 heteroatoms. The molecule has 4 nitrogen and oxygen atoms in total. The molecular formula is C14H17N3OS. The largest absolute Gasteiger partial charge is 0.333 e. The molecule has 2 aromatic rings. The van der Waals surface area contributed by atoms with Crippen LogP contribution in [0.4, 0.5) is 10.5 Å². The van der Waals surface area contributed by atoms with Crippen molar-refractivity contribution in [2.24, 2.45) is 0 Å². The van der Waals surface area contributed by atoms with Crippen LogP contribution in [0.5, 0.6) is 0 Å². The lowest BCUT2D eigenvalue weighted by molar-refractivity contribution is 0.252. The van der Waals surface area contributed by atoms with Crippen molar-refractivity contribution in [3.63, 3.8) is 0 Å². The molecule has 1 aromatic heterocycles. The quantitative estimate of drug-likeness (QED) is 0.899. The first-order chi connectivity index (χ1) is 9.17. The summed E-state index contributed by atoms with van der Waals surface area (Å²) in [5.41, 5.74) is 2.02. The number of amides is 2. The van der Waals surface area contributed by atoms with E-state index in [0.717, 1.165) is 22.0 Å². The van der Waals surface area contributed by atoms with Gasteiger partial charge in [0, 0.05) is 16.8 Å². The number of hydrogen-bond acceptors (Lipinski definition) is 3. The van der Waals surface area contributed by atoms with Crippen molar-refractivity contribution in [3.05, 3.63) is 45.9 Å². The molecule has 2 N–H and O–H groups in total. The molecule has 0 aliphatic heterocycles. The summed E-state index contributed by atoms with van der Waals surface area (Å²) in [5, 5.41) is 6.65. The number of anilines is 1. The van der Waals surface area contributed by atoms with Crippen molar-refractivity contribution < 1.29 is 4.79 Å². The standard InChI is InChI=1S/C14H17N3OS/c1-3-11-5-4-6-12(7-11)17-14(18)16-9-13-8-15-10(2)19-13/h4-8H,3,9H2,1-2H3,(H2,16,17,18). The zero-order chi connectivity index (χ0) is 13.7. The highest BCUT2D eigenvalue weighted by atomic mass is 32.1. The first-order valence-electron chi connectivity index (χ1n) is 6.22. The summed E-state index contributed by atoms with van der Waals surface area (Å²) < 4.78 is 0. The summed E-state index contributed by atoms with van der Waals surface area (Å²) in [6.45, 7) is 4.54. The average molecular weight is 275 g/mol. The molecule has 100 valence electrons. The van der Waals surface area contributed by atoms with Crippen LogP contribution in [0.2, 0.25) is 0 Å². The normalized spacial score (nSPS) is 10.2. The number of aryl methyl sites for hydroxylation is 2. The van der Waals surface area contributed by atoms with Crippen molar-refractivity contribution in [3.8, 4) is 0 Å². The first kappa shape index (κ1) is 13.5. The molecule has 0 unspecified atom stereocenters. The van der Waals surface area contributed by atoms with Crippen LogP contribution in [0.3, 0.4) is 0 Å². The van der Waals surface area contributed by atoms with E-state index < -0.39 is 0 Å². The van der Waals surface area contributed by atoms with E-state index in [1.165, 1.54) is 5.56 Å². The van der Waals surface area contributed by atoms with Gasteiger partial charge in [-0.25, -0.2) is 9.78 Å². The van der Waals surface area contributed by atoms with Crippen LogP contribution in [0.15, 0.2) is 30.5 Å². The smallest absolute Gasteiger partial charge is 0.319 e. The second-order valence-corrected chi connectivity index (χ2v) is 5.53. The van der Waals surface area contributed by atoms with Gasteiger partial charge in [-0.2, -0.15) is 0 Å². The summed E-state index contributed by atoms with van der Waals surface area (Å²) >= 11 is 1.59. The zero-order valence-corrected chi connectivity index (χ0v) is 11.9. The summed E-state index contributed by atoms with van der Waals surface area (Å²) in [7, 11) is 0. The lowest BCUT2D eigenvalue weighted by Crippen LogP contribution is -2.27. The van der Waals surface area contributed by atoms with E-state index >= 15 is 0 Å². The maximum absolute atomic E-state index is 11.8. The van der Waals surface area contributed by atoms with Crippen LogP contribution < -0.4 is 10.6 Å². The molecule has 0 radical (unpaired) electrons. The predicted octanol–water partition coefficient (Wildman–Crippen LogP) is 3.34. The van der Waals surface area contributed by atoms with E-state index in [4.69, 9.17) is 0 Å². The summed E-state index contributed by atoms with van der Waals surface area (Å²) in [5.74, 6) is 0. The van der Waals surface area contributed by atoms with Crippen molar-refractivity contribution >= 4 is 23.1 Å². The van der Waals surface area contributed by atoms with Gasteiger partial charge < -0.3 is 10.6 Å². The highest BCUT2D eigenvalue weighted by Gasteiger charge is 2.03. The summed E-state index contributed by atoms with van der Waals surface area (Å²) in [6.07, 6.45) is 2.75. The van der Waals surface area contributed by atoms with Crippen LogP contribution in [0.25, 0.3) is 0 Å². The minimum Gasteiger partial charge on any atom is -0.333 e. The number of aromatic nitrogens is 1. The molecule has 0 aliphatic rings. The Hall–Kier alpha value is -1.88. The molecular weight excluding hydrogens is 258 g/mol. The second kappa shape index (κ2) is 6.33. The minimum absolute atomic E-state index is 0.195. The van der Waals surface area contributed by atoms with Gasteiger partial charge >= 0.3 is 6.03 Å². The second-order valence-electron chi connectivity index (χ2n) is 4.21. The highest BCUT2D eigenvalue weighted by molar-refractivity contribution is 7.11. The van der Waals surface area contributed by atoms with Crippen LogP contribution in [-0.2, 0) is 13.0 Å². The van der Waals surface area contributed by atoms with E-state index in [0.29, 0.717) is 6.54 Å². The fourth-order valence-electron chi connectivity index (χ4n) is 1.70. The molecule has 2 rings (SSSR count). The van der Waals surface area contributed by atoms with Crippen molar-refractivity contribution in [1.82, 2.24) is 10.3 Å². The van der Waals surface area contributed by atoms with Gasteiger partial charge in [-0.1, -0.05) is 19.1 Å². The van der Waals surface area contributed by atoms with Gasteiger partial charge in [0.05, 0.1) is 11.6 Å². The van der Waals surface area contributed by atoms with E-state index in [9.17, 15) is 4.79 Å². The Morgan fingerprint density at radius 2 is 2.26 bits per heavy atom.